The second-order valence-corrected chi connectivity index (χ2v) is 10.5. The number of rotatable bonds is 15. The van der Waals surface area contributed by atoms with Gasteiger partial charge in [0.05, 0.1) is 43.2 Å². The quantitative estimate of drug-likeness (QED) is 0.0761. The summed E-state index contributed by atoms with van der Waals surface area (Å²) >= 11 is 6.49. The molecule has 0 fully saturated rings. The molecule has 3 aromatic rings. The predicted octanol–water partition coefficient (Wildman–Crippen LogP) is 4.98. The normalized spacial score (nSPS) is 15.0. The van der Waals surface area contributed by atoms with Gasteiger partial charge in [0.1, 0.15) is 19.0 Å². The maximum atomic E-state index is 13.2. The summed E-state index contributed by atoms with van der Waals surface area (Å²) in [6.07, 6.45) is 0.240. The molecular weight excluding hydrogens is 635 g/mol. The van der Waals surface area contributed by atoms with Gasteiger partial charge < -0.3 is 39.4 Å². The molecule has 0 saturated carbocycles. The Morgan fingerprint density at radius 2 is 1.77 bits per heavy atom. The van der Waals surface area contributed by atoms with Crippen LogP contribution in [0.5, 0.6) is 23.0 Å². The summed E-state index contributed by atoms with van der Waals surface area (Å²) in [5, 5.41) is 20.2. The highest BCUT2D eigenvalue weighted by molar-refractivity contribution is 6.32. The lowest BCUT2D eigenvalue weighted by molar-refractivity contribution is -0.136. The Hall–Kier alpha value is -5.01. The molecule has 0 spiro atoms. The molecule has 0 radical (unpaired) electrons. The number of hydrogen-bond donors (Lipinski definition) is 4. The number of carbonyl (C=O) groups is 2. The van der Waals surface area contributed by atoms with E-state index in [0.717, 1.165) is 5.56 Å². The lowest BCUT2D eigenvalue weighted by atomic mass is 9.95. The topological polar surface area (TPSA) is 149 Å². The third-order valence-electron chi connectivity index (χ3n) is 6.74. The van der Waals surface area contributed by atoms with Crippen molar-refractivity contribution in [1.82, 2.24) is 16.1 Å². The first-order valence-electron chi connectivity index (χ1n) is 14.7. The van der Waals surface area contributed by atoms with Crippen molar-refractivity contribution in [1.29, 1.82) is 0 Å². The summed E-state index contributed by atoms with van der Waals surface area (Å²) in [4.78, 5) is 24.6. The first kappa shape index (κ1) is 34.9. The van der Waals surface area contributed by atoms with E-state index in [9.17, 15) is 19.1 Å². The summed E-state index contributed by atoms with van der Waals surface area (Å²) in [6.45, 7) is 5.87. The largest absolute Gasteiger partial charge is 0.490 e. The van der Waals surface area contributed by atoms with Crippen molar-refractivity contribution >= 4 is 29.8 Å². The third kappa shape index (κ3) is 9.27. The second-order valence-electron chi connectivity index (χ2n) is 10.1. The molecule has 0 aliphatic carbocycles. The van der Waals surface area contributed by atoms with Crippen LogP contribution in [0.3, 0.4) is 0 Å². The van der Waals surface area contributed by atoms with Gasteiger partial charge >= 0.3 is 12.0 Å². The van der Waals surface area contributed by atoms with Gasteiger partial charge in [-0.25, -0.2) is 14.0 Å². The Labute approximate surface area is 276 Å². The van der Waals surface area contributed by atoms with Crippen LogP contribution in [-0.2, 0) is 16.1 Å². The van der Waals surface area contributed by atoms with Crippen molar-refractivity contribution < 1.29 is 42.8 Å². The fraction of sp³-hybridized carbons (Fsp3) is 0.303. The van der Waals surface area contributed by atoms with Crippen molar-refractivity contribution in [2.24, 2.45) is 5.10 Å². The number of aliphatic hydroxyl groups excluding tert-OH is 1. The standard InChI is InChI=1S/C33H36ClFN4O8/c1-5-44-26-15-22(30-29(32(41)43-4)19(3)37-33(42)38-30)9-12-25(26)46-18-28(40)39-36-16-21-13-24(34)31(27(14-21)45-6-2)47-17-20-7-10-23(35)11-8-20/h7-16,28,30,39-40H,5-6,17-18H2,1-4H3,(H2,37,38,42)/b36-16-/t28-,30+/m0/s1. The van der Waals surface area contributed by atoms with E-state index in [1.807, 2.05) is 6.92 Å². The van der Waals surface area contributed by atoms with E-state index in [1.165, 1.54) is 25.5 Å². The summed E-state index contributed by atoms with van der Waals surface area (Å²) < 4.78 is 41.3. The number of methoxy groups -OCH3 is 1. The van der Waals surface area contributed by atoms with Gasteiger partial charge in [-0.2, -0.15) is 5.10 Å². The van der Waals surface area contributed by atoms with Crippen molar-refractivity contribution in [2.45, 2.75) is 39.6 Å². The average molecular weight is 671 g/mol. The number of nitrogens with zero attached hydrogens (tertiary/aromatic N) is 1. The Bertz CT molecular complexity index is 1630. The molecule has 1 heterocycles. The van der Waals surface area contributed by atoms with Gasteiger partial charge in [-0.05, 0) is 73.9 Å². The maximum absolute atomic E-state index is 13.2. The molecule has 0 bridgehead atoms. The molecular formula is C33H36ClFN4O8. The van der Waals surface area contributed by atoms with Gasteiger partial charge in [0.15, 0.2) is 29.2 Å². The Balaban J connectivity index is 1.40. The number of halogens is 2. The minimum absolute atomic E-state index is 0.162. The molecule has 12 nitrogen and oxygen atoms in total. The number of aliphatic hydroxyl groups is 1. The van der Waals surface area contributed by atoms with Crippen LogP contribution in [0, 0.1) is 5.82 Å². The van der Waals surface area contributed by atoms with Crippen LogP contribution in [0.2, 0.25) is 5.02 Å². The molecule has 4 rings (SSSR count). The summed E-state index contributed by atoms with van der Waals surface area (Å²) in [5.74, 6) is 0.473. The van der Waals surface area contributed by atoms with Crippen molar-refractivity contribution in [3.8, 4) is 23.0 Å². The molecule has 0 unspecified atom stereocenters. The van der Waals surface area contributed by atoms with Gasteiger partial charge in [0.2, 0.25) is 0 Å². The van der Waals surface area contributed by atoms with Gasteiger partial charge in [0.25, 0.3) is 0 Å². The van der Waals surface area contributed by atoms with Crippen molar-refractivity contribution in [3.05, 3.63) is 93.4 Å². The number of esters is 1. The van der Waals surface area contributed by atoms with Gasteiger partial charge in [-0.15, -0.1) is 0 Å². The Morgan fingerprint density at radius 3 is 2.47 bits per heavy atom. The summed E-state index contributed by atoms with van der Waals surface area (Å²) in [6, 6.07) is 13.0. The Kier molecular flexibility index (Phi) is 12.3. The van der Waals surface area contributed by atoms with E-state index >= 15 is 0 Å². The van der Waals surface area contributed by atoms with Gasteiger partial charge in [-0.3, -0.25) is 5.43 Å². The lowest BCUT2D eigenvalue weighted by Gasteiger charge is -2.28. The first-order valence-corrected chi connectivity index (χ1v) is 15.1. The minimum Gasteiger partial charge on any atom is -0.490 e. The van der Waals surface area contributed by atoms with Crippen LogP contribution in [0.25, 0.3) is 0 Å². The molecule has 14 heteroatoms. The number of allylic oxidation sites excluding steroid dienone is 1. The predicted molar refractivity (Wildman–Crippen MR) is 172 cm³/mol. The second kappa shape index (κ2) is 16.5. The van der Waals surface area contributed by atoms with Gasteiger partial charge in [-0.1, -0.05) is 29.8 Å². The molecule has 4 N–H and O–H groups in total. The maximum Gasteiger partial charge on any atom is 0.337 e. The zero-order valence-electron chi connectivity index (χ0n) is 26.3. The van der Waals surface area contributed by atoms with Gasteiger partial charge in [0, 0.05) is 5.70 Å². The monoisotopic (exact) mass is 670 g/mol. The highest BCUT2D eigenvalue weighted by atomic mass is 35.5. The number of ether oxygens (including phenoxy) is 5. The number of hydrazone groups is 1. The number of urea groups is 1. The molecule has 1 aliphatic rings. The highest BCUT2D eigenvalue weighted by Gasteiger charge is 2.32. The highest BCUT2D eigenvalue weighted by Crippen LogP contribution is 2.37. The number of amides is 2. The van der Waals surface area contributed by atoms with E-state index < -0.39 is 24.3 Å². The van der Waals surface area contributed by atoms with E-state index in [-0.39, 0.29) is 29.6 Å². The summed E-state index contributed by atoms with van der Waals surface area (Å²) in [5.41, 5.74) is 5.11. The van der Waals surface area contributed by atoms with Crippen LogP contribution in [0.1, 0.15) is 43.5 Å². The van der Waals surface area contributed by atoms with Crippen LogP contribution < -0.4 is 35.0 Å². The van der Waals surface area contributed by atoms with Crippen LogP contribution in [-0.4, -0.2) is 56.5 Å². The van der Waals surface area contributed by atoms with Crippen LogP contribution in [0.15, 0.2) is 71.0 Å². The lowest BCUT2D eigenvalue weighted by Crippen LogP contribution is -2.45. The van der Waals surface area contributed by atoms with Crippen molar-refractivity contribution in [3.63, 3.8) is 0 Å². The molecule has 1 aliphatic heterocycles. The van der Waals surface area contributed by atoms with E-state index in [2.05, 4.69) is 21.2 Å². The number of nitrogens with one attached hydrogen (secondary N) is 3. The third-order valence-corrected chi connectivity index (χ3v) is 7.02. The smallest absolute Gasteiger partial charge is 0.337 e. The number of hydrogen-bond acceptors (Lipinski definition) is 10. The summed E-state index contributed by atoms with van der Waals surface area (Å²) in [7, 11) is 1.26. The number of carbonyl (C=O) groups excluding carboxylic acids is 2. The van der Waals surface area contributed by atoms with Crippen LogP contribution >= 0.6 is 11.6 Å². The Morgan fingerprint density at radius 1 is 1.04 bits per heavy atom. The SMILES string of the molecule is CCOc1cc([C@H]2NC(=O)NC(C)=C2C(=O)OC)ccc1OC[C@H](O)N/N=C\c1cc(Cl)c(OCc2ccc(F)cc2)c(OCC)c1. The van der Waals surface area contributed by atoms with E-state index in [4.69, 9.17) is 35.3 Å². The molecule has 0 aromatic heterocycles. The number of benzene rings is 3. The molecule has 2 amide bonds. The molecule has 2 atom stereocenters. The molecule has 47 heavy (non-hydrogen) atoms. The fourth-order valence-corrected chi connectivity index (χ4v) is 4.90. The van der Waals surface area contributed by atoms with Crippen LogP contribution in [0.4, 0.5) is 9.18 Å². The zero-order valence-corrected chi connectivity index (χ0v) is 27.0. The fourth-order valence-electron chi connectivity index (χ4n) is 4.62. The van der Waals surface area contributed by atoms with E-state index in [0.29, 0.717) is 53.0 Å². The van der Waals surface area contributed by atoms with E-state index in [1.54, 1.807) is 56.3 Å². The molecule has 250 valence electrons. The van der Waals surface area contributed by atoms with Crippen molar-refractivity contribution in [2.75, 3.05) is 26.9 Å². The molecule has 3 aromatic carbocycles. The first-order chi connectivity index (χ1) is 22.6. The minimum atomic E-state index is -1.21. The zero-order chi connectivity index (χ0) is 33.9. The average Bonchev–Trinajstić information content (AvgIpc) is 3.04. The molecule has 0 saturated heterocycles.